The van der Waals surface area contributed by atoms with Crippen LogP contribution in [0.25, 0.3) is 29.1 Å². The third-order valence-electron chi connectivity index (χ3n) is 3.67. The van der Waals surface area contributed by atoms with E-state index in [2.05, 4.69) is 54.2 Å². The molecule has 1 aliphatic rings. The fourth-order valence-electron chi connectivity index (χ4n) is 2.84. The molecule has 0 aliphatic carbocycles. The van der Waals surface area contributed by atoms with E-state index in [1.165, 1.54) is 27.4 Å². The lowest BCUT2D eigenvalue weighted by atomic mass is 10.0. The molecule has 0 unspecified atom stereocenters. The van der Waals surface area contributed by atoms with E-state index in [1.54, 1.807) is 0 Å². The summed E-state index contributed by atoms with van der Waals surface area (Å²) >= 11 is 0. The van der Waals surface area contributed by atoms with Crippen LogP contribution in [0.5, 0.6) is 0 Å². The van der Waals surface area contributed by atoms with Crippen LogP contribution >= 0.6 is 0 Å². The summed E-state index contributed by atoms with van der Waals surface area (Å²) in [7, 11) is 0. The Morgan fingerprint density at radius 1 is 1.19 bits per heavy atom. The van der Waals surface area contributed by atoms with Crippen molar-refractivity contribution in [3.63, 3.8) is 0 Å². The van der Waals surface area contributed by atoms with E-state index in [-0.39, 0.29) is 0 Å². The molecule has 1 heteroatoms. The number of hydrogen-bond donors (Lipinski definition) is 0. The van der Waals surface area contributed by atoms with E-state index >= 15 is 0 Å². The van der Waals surface area contributed by atoms with Crippen LogP contribution in [-0.4, -0.2) is 4.57 Å². The van der Waals surface area contributed by atoms with Gasteiger partial charge in [-0.15, -0.1) is 0 Å². The van der Waals surface area contributed by atoms with E-state index in [0.29, 0.717) is 0 Å². The third-order valence-corrected chi connectivity index (χ3v) is 3.67. The molecule has 1 aliphatic heterocycles. The monoisotopic (exact) mass is 277 g/mol. The van der Waals surface area contributed by atoms with Crippen molar-refractivity contribution in [1.29, 1.82) is 0 Å². The molecule has 0 saturated carbocycles. The fourth-order valence-corrected chi connectivity index (χ4v) is 2.84. The highest BCUT2D eigenvalue weighted by Crippen LogP contribution is 2.30. The smallest absolute Gasteiger partial charge is 0.0571 e. The number of para-hydroxylation sites is 1. The van der Waals surface area contributed by atoms with E-state index in [1.807, 2.05) is 32.9 Å². The summed E-state index contributed by atoms with van der Waals surface area (Å²) in [5, 5.41) is 3.51. The van der Waals surface area contributed by atoms with Crippen LogP contribution in [0, 0.1) is 0 Å². The van der Waals surface area contributed by atoms with Crippen molar-refractivity contribution in [2.45, 2.75) is 27.3 Å². The topological polar surface area (TPSA) is 4.93 Å². The molecule has 108 valence electrons. The molecule has 0 fully saturated rings. The molecule has 1 aromatic carbocycles. The van der Waals surface area contributed by atoms with Crippen molar-refractivity contribution in [2.24, 2.45) is 0 Å². The van der Waals surface area contributed by atoms with Crippen LogP contribution < -0.4 is 10.6 Å². The van der Waals surface area contributed by atoms with Crippen LogP contribution in [0.4, 0.5) is 0 Å². The van der Waals surface area contributed by atoms with Gasteiger partial charge in [0, 0.05) is 28.1 Å². The number of benzene rings is 1. The van der Waals surface area contributed by atoms with Crippen LogP contribution in [0.2, 0.25) is 0 Å². The third kappa shape index (κ3) is 2.40. The minimum atomic E-state index is 0.912. The Morgan fingerprint density at radius 2 is 1.95 bits per heavy atom. The summed E-state index contributed by atoms with van der Waals surface area (Å²) in [6.45, 7) is 15.0. The van der Waals surface area contributed by atoms with Gasteiger partial charge < -0.3 is 4.57 Å². The first-order valence-electron chi connectivity index (χ1n) is 7.53. The molecule has 1 nitrogen and oxygen atoms in total. The lowest BCUT2D eigenvalue weighted by molar-refractivity contribution is 0.871. The van der Waals surface area contributed by atoms with Crippen molar-refractivity contribution in [3.8, 4) is 0 Å². The van der Waals surface area contributed by atoms with E-state index in [9.17, 15) is 0 Å². The van der Waals surface area contributed by atoms with Gasteiger partial charge in [0.15, 0.2) is 0 Å². The first kappa shape index (κ1) is 15.1. The zero-order valence-electron chi connectivity index (χ0n) is 13.2. The van der Waals surface area contributed by atoms with Gasteiger partial charge in [-0.1, -0.05) is 69.5 Å². The Kier molecular flexibility index (Phi) is 4.64. The number of hydrogen-bond acceptors (Lipinski definition) is 0. The SMILES string of the molecule is C=C/C=c1\c(=C)c2cccc3c2n1C/C3=C\C=C/C.CC. The summed E-state index contributed by atoms with van der Waals surface area (Å²) in [6, 6.07) is 6.46. The average molecular weight is 277 g/mol. The Morgan fingerprint density at radius 3 is 2.62 bits per heavy atom. The lowest BCUT2D eigenvalue weighted by Crippen LogP contribution is -2.27. The molecule has 2 aromatic rings. The molecule has 0 atom stereocenters. The molecular weight excluding hydrogens is 254 g/mol. The van der Waals surface area contributed by atoms with Gasteiger partial charge in [0.2, 0.25) is 0 Å². The average Bonchev–Trinajstić information content (AvgIpc) is 3.02. The summed E-state index contributed by atoms with van der Waals surface area (Å²) in [4.78, 5) is 0. The van der Waals surface area contributed by atoms with Gasteiger partial charge in [-0.05, 0) is 18.6 Å². The number of nitrogens with zero attached hydrogens (tertiary/aromatic N) is 1. The summed E-state index contributed by atoms with van der Waals surface area (Å²) in [5.41, 5.74) is 3.98. The highest BCUT2D eigenvalue weighted by molar-refractivity contribution is 5.96. The maximum atomic E-state index is 4.22. The Labute approximate surface area is 126 Å². The fraction of sp³-hybridized carbons (Fsp3) is 0.200. The molecule has 0 saturated heterocycles. The van der Waals surface area contributed by atoms with Gasteiger partial charge >= 0.3 is 0 Å². The van der Waals surface area contributed by atoms with Crippen LogP contribution in [0.1, 0.15) is 26.3 Å². The molecule has 0 spiro atoms. The minimum Gasteiger partial charge on any atom is -0.335 e. The largest absolute Gasteiger partial charge is 0.335 e. The lowest BCUT2D eigenvalue weighted by Gasteiger charge is -1.99. The summed E-state index contributed by atoms with van der Waals surface area (Å²) < 4.78 is 2.34. The highest BCUT2D eigenvalue weighted by atomic mass is 15.0. The van der Waals surface area contributed by atoms with Gasteiger partial charge in [0.05, 0.1) is 5.52 Å². The van der Waals surface area contributed by atoms with Gasteiger partial charge in [-0.25, -0.2) is 0 Å². The molecule has 3 rings (SSSR count). The van der Waals surface area contributed by atoms with Crippen molar-refractivity contribution in [2.75, 3.05) is 0 Å². The predicted octanol–water partition coefficient (Wildman–Crippen LogP) is 4.02. The van der Waals surface area contributed by atoms with Gasteiger partial charge in [-0.2, -0.15) is 0 Å². The van der Waals surface area contributed by atoms with E-state index in [4.69, 9.17) is 0 Å². The summed E-state index contributed by atoms with van der Waals surface area (Å²) in [5.74, 6) is 0. The Bertz CT molecular complexity index is 829. The quantitative estimate of drug-likeness (QED) is 0.781. The van der Waals surface area contributed by atoms with Crippen LogP contribution in [-0.2, 0) is 6.54 Å². The number of allylic oxidation sites excluding steroid dienone is 5. The number of rotatable bonds is 2. The maximum absolute atomic E-state index is 4.22. The first-order chi connectivity index (χ1) is 10.3. The van der Waals surface area contributed by atoms with Crippen molar-refractivity contribution in [3.05, 3.63) is 65.2 Å². The Hall–Kier alpha value is -2.28. The highest BCUT2D eigenvalue weighted by Gasteiger charge is 2.19. The molecule has 2 heterocycles. The van der Waals surface area contributed by atoms with Crippen LogP contribution in [0.15, 0.2) is 49.1 Å². The van der Waals surface area contributed by atoms with Crippen LogP contribution in [0.3, 0.4) is 0 Å². The second-order valence-electron chi connectivity index (χ2n) is 4.77. The molecule has 1 aromatic heterocycles. The van der Waals surface area contributed by atoms with Gasteiger partial charge in [0.25, 0.3) is 0 Å². The van der Waals surface area contributed by atoms with Gasteiger partial charge in [0.1, 0.15) is 0 Å². The molecule has 21 heavy (non-hydrogen) atoms. The van der Waals surface area contributed by atoms with Crippen molar-refractivity contribution in [1.82, 2.24) is 4.57 Å². The minimum absolute atomic E-state index is 0.912. The first-order valence-corrected chi connectivity index (χ1v) is 7.53. The van der Waals surface area contributed by atoms with Gasteiger partial charge in [-0.3, -0.25) is 0 Å². The molecule has 0 bridgehead atoms. The molecular formula is C20H23N. The standard InChI is InChI=1S/C18H17N.C2H6/c1-4-6-9-14-12-19-17(8-5-2)13(3)15-10-7-11-16(14)18(15)19;1-2/h4-11H,2-3,12H2,1H3;1-2H3/b6-4-,14-9+,17-8+;. The zero-order valence-corrected chi connectivity index (χ0v) is 13.2. The zero-order chi connectivity index (χ0) is 15.4. The second kappa shape index (κ2) is 6.45. The molecule has 0 amide bonds. The number of aromatic nitrogens is 1. The van der Waals surface area contributed by atoms with Crippen molar-refractivity contribution < 1.29 is 0 Å². The normalized spacial score (nSPS) is 15.8. The second-order valence-corrected chi connectivity index (χ2v) is 4.77. The molecule has 0 N–H and O–H groups in total. The Balaban J connectivity index is 0.000000774. The molecule has 0 radical (unpaired) electrons. The summed E-state index contributed by atoms with van der Waals surface area (Å²) in [6.07, 6.45) is 10.2. The predicted molar refractivity (Wildman–Crippen MR) is 95.5 cm³/mol. The maximum Gasteiger partial charge on any atom is 0.0571 e. The van der Waals surface area contributed by atoms with E-state index < -0.39 is 0 Å². The van der Waals surface area contributed by atoms with E-state index in [0.717, 1.165) is 11.8 Å². The van der Waals surface area contributed by atoms with Crippen molar-refractivity contribution >= 4 is 29.1 Å².